The van der Waals surface area contributed by atoms with E-state index in [0.717, 1.165) is 4.31 Å². The van der Waals surface area contributed by atoms with E-state index in [-0.39, 0.29) is 22.9 Å². The van der Waals surface area contributed by atoms with Crippen molar-refractivity contribution in [1.29, 1.82) is 0 Å². The lowest BCUT2D eigenvalue weighted by Crippen LogP contribution is -2.51. The standard InChI is InChI=1S/C28H32FN3O6S/c1-5-30-28(34)20(2)31(18-21-11-13-22(29)14-12-21)27(33)19-32(39(35,36)24-9-7-6-8-10-24)25-17-23(37-3)15-16-26(25)38-4/h6-17,20H,5,18-19H2,1-4H3,(H,30,34)/t20-/m1/s1. The first-order valence-electron chi connectivity index (χ1n) is 12.2. The maximum Gasteiger partial charge on any atom is 0.264 e. The van der Waals surface area contributed by atoms with Gasteiger partial charge in [-0.3, -0.25) is 13.9 Å². The summed E-state index contributed by atoms with van der Waals surface area (Å²) in [5.74, 6) is -0.958. The highest BCUT2D eigenvalue weighted by Crippen LogP contribution is 2.36. The van der Waals surface area contributed by atoms with Crippen LogP contribution >= 0.6 is 0 Å². The number of carbonyl (C=O) groups is 2. The van der Waals surface area contributed by atoms with Gasteiger partial charge in [0.25, 0.3) is 10.0 Å². The van der Waals surface area contributed by atoms with Gasteiger partial charge in [0.15, 0.2) is 0 Å². The maximum absolute atomic E-state index is 13.9. The van der Waals surface area contributed by atoms with Gasteiger partial charge in [-0.25, -0.2) is 12.8 Å². The van der Waals surface area contributed by atoms with Gasteiger partial charge in [-0.2, -0.15) is 0 Å². The fraction of sp³-hybridized carbons (Fsp3) is 0.286. The molecule has 0 aliphatic rings. The highest BCUT2D eigenvalue weighted by atomic mass is 32.2. The van der Waals surface area contributed by atoms with E-state index in [4.69, 9.17) is 9.47 Å². The van der Waals surface area contributed by atoms with Gasteiger partial charge in [0, 0.05) is 19.2 Å². The molecule has 0 spiro atoms. The van der Waals surface area contributed by atoms with Crippen LogP contribution in [0.1, 0.15) is 19.4 Å². The summed E-state index contributed by atoms with van der Waals surface area (Å²) >= 11 is 0. The molecule has 0 saturated carbocycles. The fourth-order valence-electron chi connectivity index (χ4n) is 3.92. The molecule has 0 unspecified atom stereocenters. The molecule has 0 bridgehead atoms. The molecule has 0 radical (unpaired) electrons. The Balaban J connectivity index is 2.10. The van der Waals surface area contributed by atoms with E-state index in [1.165, 1.54) is 61.6 Å². The predicted octanol–water partition coefficient (Wildman–Crippen LogP) is 3.59. The van der Waals surface area contributed by atoms with E-state index in [0.29, 0.717) is 17.9 Å². The molecule has 0 heterocycles. The third-order valence-electron chi connectivity index (χ3n) is 6.05. The molecule has 1 atom stereocenters. The Morgan fingerprint density at radius 1 is 0.974 bits per heavy atom. The Labute approximate surface area is 228 Å². The minimum Gasteiger partial charge on any atom is -0.497 e. The van der Waals surface area contributed by atoms with Crippen LogP contribution in [0.2, 0.25) is 0 Å². The smallest absolute Gasteiger partial charge is 0.264 e. The number of amides is 2. The summed E-state index contributed by atoms with van der Waals surface area (Å²) in [7, 11) is -1.45. The van der Waals surface area contributed by atoms with E-state index in [2.05, 4.69) is 5.32 Å². The highest BCUT2D eigenvalue weighted by Gasteiger charge is 2.34. The lowest BCUT2D eigenvalue weighted by atomic mass is 10.1. The van der Waals surface area contributed by atoms with Crippen LogP contribution in [0.4, 0.5) is 10.1 Å². The number of rotatable bonds is 12. The minimum atomic E-state index is -4.27. The first kappa shape index (κ1) is 29.4. The Kier molecular flexibility index (Phi) is 9.89. The molecule has 39 heavy (non-hydrogen) atoms. The molecule has 3 aromatic carbocycles. The molecular formula is C28H32FN3O6S. The van der Waals surface area contributed by atoms with Gasteiger partial charge < -0.3 is 19.7 Å². The molecule has 3 aromatic rings. The maximum atomic E-state index is 13.9. The van der Waals surface area contributed by atoms with E-state index in [9.17, 15) is 22.4 Å². The fourth-order valence-corrected chi connectivity index (χ4v) is 5.35. The summed E-state index contributed by atoms with van der Waals surface area (Å²) in [5, 5.41) is 2.69. The third-order valence-corrected chi connectivity index (χ3v) is 7.82. The number of sulfonamides is 1. The van der Waals surface area contributed by atoms with Crippen molar-refractivity contribution in [3.05, 3.63) is 84.2 Å². The number of carbonyl (C=O) groups excluding carboxylic acids is 2. The van der Waals surface area contributed by atoms with Gasteiger partial charge in [0.1, 0.15) is 29.9 Å². The van der Waals surface area contributed by atoms with Crippen LogP contribution in [0.3, 0.4) is 0 Å². The van der Waals surface area contributed by atoms with E-state index in [1.807, 2.05) is 0 Å². The van der Waals surface area contributed by atoms with Crippen LogP contribution in [0.25, 0.3) is 0 Å². The van der Waals surface area contributed by atoms with Crippen LogP contribution in [-0.4, -0.2) is 58.5 Å². The second kappa shape index (κ2) is 13.1. The molecule has 1 N–H and O–H groups in total. The Hall–Kier alpha value is -4.12. The predicted molar refractivity (Wildman–Crippen MR) is 146 cm³/mol. The summed E-state index contributed by atoms with van der Waals surface area (Å²) < 4.78 is 53.0. The van der Waals surface area contributed by atoms with Crippen molar-refractivity contribution in [3.63, 3.8) is 0 Å². The van der Waals surface area contributed by atoms with Crippen LogP contribution < -0.4 is 19.1 Å². The molecule has 2 amide bonds. The second-order valence-corrected chi connectivity index (χ2v) is 10.4. The zero-order valence-corrected chi connectivity index (χ0v) is 23.1. The largest absolute Gasteiger partial charge is 0.497 e. The van der Waals surface area contributed by atoms with Crippen molar-refractivity contribution < 1.29 is 31.9 Å². The third kappa shape index (κ3) is 7.05. The molecule has 9 nitrogen and oxygen atoms in total. The first-order valence-corrected chi connectivity index (χ1v) is 13.7. The zero-order valence-electron chi connectivity index (χ0n) is 22.3. The topological polar surface area (TPSA) is 105 Å². The molecule has 0 aliphatic heterocycles. The van der Waals surface area contributed by atoms with Gasteiger partial charge in [-0.05, 0) is 55.8 Å². The number of nitrogens with zero attached hydrogens (tertiary/aromatic N) is 2. The van der Waals surface area contributed by atoms with Crippen LogP contribution in [0.15, 0.2) is 77.7 Å². The minimum absolute atomic E-state index is 0.0375. The van der Waals surface area contributed by atoms with Crippen molar-refractivity contribution >= 4 is 27.5 Å². The number of benzene rings is 3. The summed E-state index contributed by atoms with van der Waals surface area (Å²) in [6.45, 7) is 2.95. The molecule has 3 rings (SSSR count). The lowest BCUT2D eigenvalue weighted by molar-refractivity contribution is -0.139. The SMILES string of the molecule is CCNC(=O)[C@@H](C)N(Cc1ccc(F)cc1)C(=O)CN(c1cc(OC)ccc1OC)S(=O)(=O)c1ccccc1. The molecule has 0 fully saturated rings. The lowest BCUT2D eigenvalue weighted by Gasteiger charge is -2.32. The second-order valence-electron chi connectivity index (χ2n) is 8.58. The van der Waals surface area contributed by atoms with Gasteiger partial charge in [-0.1, -0.05) is 30.3 Å². The number of nitrogens with one attached hydrogen (secondary N) is 1. The summed E-state index contributed by atoms with van der Waals surface area (Å²) in [6, 6.07) is 16.9. The number of ether oxygens (including phenoxy) is 2. The van der Waals surface area contributed by atoms with Gasteiger partial charge in [0.05, 0.1) is 24.8 Å². The Morgan fingerprint density at radius 3 is 2.23 bits per heavy atom. The molecule has 0 saturated heterocycles. The zero-order chi connectivity index (χ0) is 28.6. The van der Waals surface area contributed by atoms with Gasteiger partial charge >= 0.3 is 0 Å². The molecule has 0 aliphatic carbocycles. The molecule has 0 aromatic heterocycles. The normalized spacial score (nSPS) is 11.8. The summed E-state index contributed by atoms with van der Waals surface area (Å²) in [4.78, 5) is 27.9. The van der Waals surface area contributed by atoms with Gasteiger partial charge in [0.2, 0.25) is 11.8 Å². The number of hydrogen-bond acceptors (Lipinski definition) is 6. The number of likely N-dealkylation sites (N-methyl/N-ethyl adjacent to an activating group) is 1. The van der Waals surface area contributed by atoms with Gasteiger partial charge in [-0.15, -0.1) is 0 Å². The average Bonchev–Trinajstić information content (AvgIpc) is 2.95. The van der Waals surface area contributed by atoms with E-state index < -0.39 is 40.2 Å². The Morgan fingerprint density at radius 2 is 1.64 bits per heavy atom. The molecule has 208 valence electrons. The van der Waals surface area contributed by atoms with Crippen LogP contribution in [0, 0.1) is 5.82 Å². The summed E-state index contributed by atoms with van der Waals surface area (Å²) in [6.07, 6.45) is 0. The average molecular weight is 558 g/mol. The number of methoxy groups -OCH3 is 2. The van der Waals surface area contributed by atoms with E-state index >= 15 is 0 Å². The summed E-state index contributed by atoms with van der Waals surface area (Å²) in [5.41, 5.74) is 0.652. The molecule has 11 heteroatoms. The van der Waals surface area contributed by atoms with Crippen molar-refractivity contribution in [3.8, 4) is 11.5 Å². The monoisotopic (exact) mass is 557 g/mol. The van der Waals surface area contributed by atoms with E-state index in [1.54, 1.807) is 44.2 Å². The number of hydrogen-bond donors (Lipinski definition) is 1. The first-order chi connectivity index (χ1) is 18.6. The number of anilines is 1. The van der Waals surface area contributed by atoms with Crippen molar-refractivity contribution in [1.82, 2.24) is 10.2 Å². The van der Waals surface area contributed by atoms with Crippen molar-refractivity contribution in [2.24, 2.45) is 0 Å². The quantitative estimate of drug-likeness (QED) is 0.365. The van der Waals surface area contributed by atoms with Crippen LogP contribution in [-0.2, 0) is 26.2 Å². The Bertz CT molecular complexity index is 1380. The van der Waals surface area contributed by atoms with Crippen molar-refractivity contribution in [2.45, 2.75) is 31.3 Å². The highest BCUT2D eigenvalue weighted by molar-refractivity contribution is 7.92. The molecular weight excluding hydrogens is 525 g/mol. The van der Waals surface area contributed by atoms with Crippen LogP contribution in [0.5, 0.6) is 11.5 Å². The van der Waals surface area contributed by atoms with Crippen molar-refractivity contribution in [2.75, 3.05) is 31.6 Å². The number of halogens is 1.